The minimum Gasteiger partial charge on any atom is -0.481 e. The number of nitrogens with zero attached hydrogens (tertiary/aromatic N) is 1. The first-order valence-corrected chi connectivity index (χ1v) is 6.57. The van der Waals surface area contributed by atoms with Gasteiger partial charge < -0.3 is 9.84 Å². The second-order valence-corrected chi connectivity index (χ2v) is 5.63. The molecule has 0 radical (unpaired) electrons. The van der Waals surface area contributed by atoms with Crippen molar-refractivity contribution in [3.05, 3.63) is 21.3 Å². The van der Waals surface area contributed by atoms with Crippen LogP contribution in [0, 0.1) is 5.92 Å². The molecule has 1 saturated heterocycles. The van der Waals surface area contributed by atoms with Crippen LogP contribution in [0.2, 0.25) is 5.02 Å². The Morgan fingerprint density at radius 2 is 2.47 bits per heavy atom. The van der Waals surface area contributed by atoms with E-state index in [1.54, 1.807) is 11.3 Å². The Morgan fingerprint density at radius 1 is 1.71 bits per heavy atom. The van der Waals surface area contributed by atoms with E-state index in [0.717, 1.165) is 9.90 Å². The highest BCUT2D eigenvalue weighted by molar-refractivity contribution is 7.10. The molecule has 1 fully saturated rings. The van der Waals surface area contributed by atoms with Gasteiger partial charge in [-0.25, -0.2) is 0 Å². The molecule has 2 rings (SSSR count). The van der Waals surface area contributed by atoms with Crippen LogP contribution >= 0.6 is 22.9 Å². The highest BCUT2D eigenvalue weighted by atomic mass is 35.5. The van der Waals surface area contributed by atoms with E-state index in [1.165, 1.54) is 0 Å². The van der Waals surface area contributed by atoms with Crippen LogP contribution in [0.15, 0.2) is 11.4 Å². The van der Waals surface area contributed by atoms with Crippen LogP contribution in [0.3, 0.4) is 0 Å². The van der Waals surface area contributed by atoms with Gasteiger partial charge in [0.2, 0.25) is 0 Å². The van der Waals surface area contributed by atoms with Crippen LogP contribution in [-0.4, -0.2) is 42.3 Å². The van der Waals surface area contributed by atoms with Gasteiger partial charge >= 0.3 is 5.97 Å². The summed E-state index contributed by atoms with van der Waals surface area (Å²) in [5.74, 6) is -1.22. The van der Waals surface area contributed by atoms with Gasteiger partial charge in [0.25, 0.3) is 0 Å². The summed E-state index contributed by atoms with van der Waals surface area (Å²) < 4.78 is 5.25. The largest absolute Gasteiger partial charge is 0.481 e. The molecule has 1 aliphatic heterocycles. The molecular weight excluding hydrogens is 262 g/mol. The van der Waals surface area contributed by atoms with Crippen molar-refractivity contribution in [2.75, 3.05) is 20.3 Å². The second-order valence-electron chi connectivity index (χ2n) is 4.20. The molecule has 0 aliphatic carbocycles. The zero-order chi connectivity index (χ0) is 12.4. The second kappa shape index (κ2) is 5.35. The topological polar surface area (TPSA) is 49.8 Å². The van der Waals surface area contributed by atoms with Gasteiger partial charge in [0.05, 0.1) is 24.2 Å². The number of rotatable bonds is 4. The third-order valence-electron chi connectivity index (χ3n) is 2.96. The number of thiophene rings is 1. The maximum Gasteiger partial charge on any atom is 0.310 e. The summed E-state index contributed by atoms with van der Waals surface area (Å²) in [5, 5.41) is 11.7. The average Bonchev–Trinajstić information content (AvgIpc) is 2.86. The van der Waals surface area contributed by atoms with Gasteiger partial charge in [-0.3, -0.25) is 9.69 Å². The third-order valence-corrected chi connectivity index (χ3v) is 4.23. The number of hydrogen-bond acceptors (Lipinski definition) is 4. The predicted octanol–water partition coefficient (Wildman–Crippen LogP) is 1.93. The molecule has 0 bridgehead atoms. The van der Waals surface area contributed by atoms with Crippen molar-refractivity contribution >= 4 is 28.9 Å². The number of aliphatic carboxylic acids is 1. The van der Waals surface area contributed by atoms with E-state index in [4.69, 9.17) is 21.4 Å². The zero-order valence-electron chi connectivity index (χ0n) is 9.43. The number of hydrogen-bond donors (Lipinski definition) is 1. The molecule has 0 amide bonds. The Kier molecular flexibility index (Phi) is 4.04. The Morgan fingerprint density at radius 3 is 3.06 bits per heavy atom. The SMILES string of the molecule is CN(Cc1cc(Cl)cs1)C1COCC1C(=O)O. The van der Waals surface area contributed by atoms with E-state index < -0.39 is 11.9 Å². The lowest BCUT2D eigenvalue weighted by molar-refractivity contribution is -0.143. The number of carboxylic acids is 1. The lowest BCUT2D eigenvalue weighted by Crippen LogP contribution is -2.40. The van der Waals surface area contributed by atoms with Crippen molar-refractivity contribution in [1.29, 1.82) is 0 Å². The van der Waals surface area contributed by atoms with Crippen LogP contribution in [0.25, 0.3) is 0 Å². The maximum absolute atomic E-state index is 11.0. The van der Waals surface area contributed by atoms with Crippen molar-refractivity contribution in [3.8, 4) is 0 Å². The molecule has 2 heterocycles. The summed E-state index contributed by atoms with van der Waals surface area (Å²) in [6.07, 6.45) is 0. The van der Waals surface area contributed by atoms with Crippen molar-refractivity contribution in [3.63, 3.8) is 0 Å². The molecule has 2 atom stereocenters. The molecule has 17 heavy (non-hydrogen) atoms. The van der Waals surface area contributed by atoms with Gasteiger partial charge in [0, 0.05) is 22.8 Å². The maximum atomic E-state index is 11.0. The monoisotopic (exact) mass is 275 g/mol. The summed E-state index contributed by atoms with van der Waals surface area (Å²) in [7, 11) is 1.92. The molecule has 0 aromatic carbocycles. The predicted molar refractivity (Wildman–Crippen MR) is 66.5 cm³/mol. The molecule has 1 aromatic heterocycles. The summed E-state index contributed by atoms with van der Waals surface area (Å²) in [6, 6.07) is 1.85. The smallest absolute Gasteiger partial charge is 0.310 e. The molecular formula is C11H14ClNO3S. The first-order valence-electron chi connectivity index (χ1n) is 5.31. The third kappa shape index (κ3) is 2.98. The minimum atomic E-state index is -0.788. The van der Waals surface area contributed by atoms with E-state index in [-0.39, 0.29) is 6.04 Å². The fourth-order valence-corrected chi connectivity index (χ4v) is 3.15. The van der Waals surface area contributed by atoms with Crippen molar-refractivity contribution in [1.82, 2.24) is 4.90 Å². The summed E-state index contributed by atoms with van der Waals surface area (Å²) in [4.78, 5) is 14.2. The van der Waals surface area contributed by atoms with Gasteiger partial charge in [0.1, 0.15) is 0 Å². The quantitative estimate of drug-likeness (QED) is 0.912. The highest BCUT2D eigenvalue weighted by Crippen LogP contribution is 2.24. The Balaban J connectivity index is 1.99. The molecule has 1 N–H and O–H groups in total. The van der Waals surface area contributed by atoms with E-state index in [2.05, 4.69) is 0 Å². The summed E-state index contributed by atoms with van der Waals surface area (Å²) in [6.45, 7) is 1.48. The number of carboxylic acid groups (broad SMARTS) is 1. The van der Waals surface area contributed by atoms with Crippen LogP contribution in [0.1, 0.15) is 4.88 Å². The Labute approximate surface area is 109 Å². The van der Waals surface area contributed by atoms with Crippen molar-refractivity contribution < 1.29 is 14.6 Å². The summed E-state index contributed by atoms with van der Waals surface area (Å²) >= 11 is 7.44. The van der Waals surface area contributed by atoms with Gasteiger partial charge in [-0.05, 0) is 13.1 Å². The van der Waals surface area contributed by atoms with Gasteiger partial charge in [-0.15, -0.1) is 11.3 Å². The van der Waals surface area contributed by atoms with Crippen molar-refractivity contribution in [2.45, 2.75) is 12.6 Å². The molecule has 0 spiro atoms. The highest BCUT2D eigenvalue weighted by Gasteiger charge is 2.36. The molecule has 1 aliphatic rings. The molecule has 4 nitrogen and oxygen atoms in total. The number of ether oxygens (including phenoxy) is 1. The normalized spacial score (nSPS) is 24.4. The van der Waals surface area contributed by atoms with Gasteiger partial charge in [-0.2, -0.15) is 0 Å². The molecule has 1 aromatic rings. The molecule has 94 valence electrons. The molecule has 6 heteroatoms. The lowest BCUT2D eigenvalue weighted by Gasteiger charge is -2.25. The number of likely N-dealkylation sites (N-methyl/N-ethyl adjacent to an activating group) is 1. The standard InChI is InChI=1S/C11H14ClNO3S/c1-13(3-8-2-7(12)6-17-8)10-5-16-4-9(10)11(14)15/h2,6,9-10H,3-5H2,1H3,(H,14,15). The van der Waals surface area contributed by atoms with Crippen LogP contribution in [-0.2, 0) is 16.1 Å². The lowest BCUT2D eigenvalue weighted by atomic mass is 10.0. The van der Waals surface area contributed by atoms with E-state index in [1.807, 2.05) is 23.4 Å². The Hall–Kier alpha value is -0.620. The van der Waals surface area contributed by atoms with Crippen LogP contribution in [0.5, 0.6) is 0 Å². The zero-order valence-corrected chi connectivity index (χ0v) is 11.0. The first kappa shape index (κ1) is 12.8. The Bertz CT molecular complexity index is 409. The van der Waals surface area contributed by atoms with E-state index in [9.17, 15) is 4.79 Å². The number of carbonyl (C=O) groups is 1. The van der Waals surface area contributed by atoms with Crippen LogP contribution in [0.4, 0.5) is 0 Å². The fraction of sp³-hybridized carbons (Fsp3) is 0.545. The minimum absolute atomic E-state index is 0.0617. The van der Waals surface area contributed by atoms with Gasteiger partial charge in [-0.1, -0.05) is 11.6 Å². The molecule has 2 unspecified atom stereocenters. The first-order chi connectivity index (χ1) is 8.08. The van der Waals surface area contributed by atoms with E-state index in [0.29, 0.717) is 19.8 Å². The summed E-state index contributed by atoms with van der Waals surface area (Å²) in [5.41, 5.74) is 0. The molecule has 0 saturated carbocycles. The average molecular weight is 276 g/mol. The van der Waals surface area contributed by atoms with Gasteiger partial charge in [0.15, 0.2) is 0 Å². The van der Waals surface area contributed by atoms with E-state index >= 15 is 0 Å². The van der Waals surface area contributed by atoms with Crippen LogP contribution < -0.4 is 0 Å². The fourth-order valence-electron chi connectivity index (χ4n) is 2.01. The number of halogens is 1. The van der Waals surface area contributed by atoms with Crippen molar-refractivity contribution in [2.24, 2.45) is 5.92 Å².